The van der Waals surface area contributed by atoms with E-state index in [2.05, 4.69) is 9.17 Å². The number of thiol groups is 1. The fourth-order valence-electron chi connectivity index (χ4n) is 0.455. The van der Waals surface area contributed by atoms with Crippen molar-refractivity contribution in [2.45, 2.75) is 0 Å². The van der Waals surface area contributed by atoms with Crippen molar-refractivity contribution in [3.63, 3.8) is 0 Å². The van der Waals surface area contributed by atoms with Crippen LogP contribution in [0.2, 0.25) is 0 Å². The first-order valence-electron chi connectivity index (χ1n) is 3.16. The zero-order valence-corrected chi connectivity index (χ0v) is 7.01. The second-order valence-corrected chi connectivity index (χ2v) is 3.34. The maximum Gasteiger partial charge on any atom is 0.123 e. The zero-order valence-electron chi connectivity index (χ0n) is 6.12. The molecule has 4 heteroatoms. The topological polar surface area (TPSA) is 34.5 Å². The lowest BCUT2D eigenvalue weighted by Crippen LogP contribution is -1.63. The maximum atomic E-state index is 11.9. The third kappa shape index (κ3) is 4.78. The molecule has 62 valence electrons. The highest BCUT2D eigenvalue weighted by molar-refractivity contribution is 8.14. The summed E-state index contributed by atoms with van der Waals surface area (Å²) in [5.74, 6) is -0.178. The minimum Gasteiger partial charge on any atom is -0.230 e. The van der Waals surface area contributed by atoms with Gasteiger partial charge in [0.15, 0.2) is 0 Å². The lowest BCUT2D eigenvalue weighted by Gasteiger charge is -1.78. The van der Waals surface area contributed by atoms with E-state index in [9.17, 15) is 4.39 Å². The summed E-state index contributed by atoms with van der Waals surface area (Å²) >= 11 is -0.120. The van der Waals surface area contributed by atoms with Crippen LogP contribution < -0.4 is 4.89 Å². The Kier molecular flexibility index (Phi) is 3.35. The average Bonchev–Trinajstić information content (AvgIpc) is 2.75. The van der Waals surface area contributed by atoms with E-state index < -0.39 is 0 Å². The molecule has 2 rings (SSSR count). The Morgan fingerprint density at radius 1 is 1.36 bits per heavy atom. The first-order chi connectivity index (χ1) is 5.29. The molecule has 1 atom stereocenters. The van der Waals surface area contributed by atoms with Crippen molar-refractivity contribution in [1.82, 2.24) is 4.89 Å². The molecule has 0 radical (unpaired) electrons. The van der Waals surface area contributed by atoms with Gasteiger partial charge in [0.25, 0.3) is 0 Å². The van der Waals surface area contributed by atoms with Crippen molar-refractivity contribution < 1.29 is 8.67 Å². The predicted octanol–water partition coefficient (Wildman–Crippen LogP) is 1.81. The summed E-state index contributed by atoms with van der Waals surface area (Å²) < 4.78 is 16.4. The fraction of sp³-hybridized carbons (Fsp3) is 0.143. The number of benzene rings is 1. The van der Waals surface area contributed by atoms with Crippen LogP contribution in [0.3, 0.4) is 0 Å². The summed E-state index contributed by atoms with van der Waals surface area (Å²) in [5.41, 5.74) is 0. The number of nitrogens with one attached hydrogen (secondary N) is 1. The van der Waals surface area contributed by atoms with Crippen LogP contribution in [0.4, 0.5) is 4.39 Å². The van der Waals surface area contributed by atoms with Gasteiger partial charge in [0.1, 0.15) is 5.82 Å². The van der Waals surface area contributed by atoms with Gasteiger partial charge in [0.05, 0.1) is 0 Å². The lowest BCUT2D eigenvalue weighted by molar-refractivity contribution is 0.470. The third-order valence-electron chi connectivity index (χ3n) is 1.01. The lowest BCUT2D eigenvalue weighted by atomic mass is 10.4. The smallest absolute Gasteiger partial charge is 0.123 e. The summed E-state index contributed by atoms with van der Waals surface area (Å²) in [7, 11) is 0. The molecule has 11 heavy (non-hydrogen) atoms. The zero-order chi connectivity index (χ0) is 8.10. The highest BCUT2D eigenvalue weighted by Gasteiger charge is 2.06. The van der Waals surface area contributed by atoms with Gasteiger partial charge < -0.3 is 0 Å². The van der Waals surface area contributed by atoms with Crippen LogP contribution in [-0.2, 0) is 4.28 Å². The molecule has 0 bridgehead atoms. The molecule has 0 aromatic heterocycles. The Labute approximate surface area is 68.0 Å². The maximum absolute atomic E-state index is 11.9. The Balaban J connectivity index is 0.000000128. The average molecular weight is 175 g/mol. The fourth-order valence-corrected chi connectivity index (χ4v) is 0.782. The van der Waals surface area contributed by atoms with Gasteiger partial charge in [0.2, 0.25) is 0 Å². The molecule has 1 heterocycles. The van der Waals surface area contributed by atoms with Gasteiger partial charge in [-0.05, 0) is 23.5 Å². The summed E-state index contributed by atoms with van der Waals surface area (Å²) in [6, 6.07) is 7.94. The molecule has 0 spiro atoms. The third-order valence-corrected chi connectivity index (χ3v) is 1.55. The van der Waals surface area contributed by atoms with E-state index in [4.69, 9.17) is 0 Å². The van der Waals surface area contributed by atoms with Crippen molar-refractivity contribution in [2.24, 2.45) is 0 Å². The van der Waals surface area contributed by atoms with E-state index in [1.54, 1.807) is 18.2 Å². The number of halogens is 1. The largest absolute Gasteiger partial charge is 0.230 e. The van der Waals surface area contributed by atoms with Crippen LogP contribution in [0, 0.1) is 5.82 Å². The molecule has 0 saturated carbocycles. The van der Waals surface area contributed by atoms with Crippen molar-refractivity contribution in [3.8, 4) is 0 Å². The summed E-state index contributed by atoms with van der Waals surface area (Å²) in [5, 5.41) is 0. The Morgan fingerprint density at radius 2 is 1.82 bits per heavy atom. The van der Waals surface area contributed by atoms with E-state index in [0.717, 1.165) is 0 Å². The Hall–Kier alpha value is -0.580. The first-order valence-corrected chi connectivity index (χ1v) is 4.86. The monoisotopic (exact) mass is 175 g/mol. The molecule has 2 nitrogen and oxygen atoms in total. The molecule has 1 aliphatic rings. The van der Waals surface area contributed by atoms with Crippen LogP contribution in [0.5, 0.6) is 0 Å². The van der Waals surface area contributed by atoms with Crippen molar-refractivity contribution in [3.05, 3.63) is 36.1 Å². The molecule has 1 aromatic rings. The molecule has 1 aliphatic heterocycles. The van der Waals surface area contributed by atoms with E-state index in [1.807, 2.05) is 6.26 Å². The van der Waals surface area contributed by atoms with Gasteiger partial charge in [-0.1, -0.05) is 18.2 Å². The van der Waals surface area contributed by atoms with Gasteiger partial charge >= 0.3 is 0 Å². The summed E-state index contributed by atoms with van der Waals surface area (Å²) in [6.45, 7) is 0. The molecule has 0 aliphatic carbocycles. The van der Waals surface area contributed by atoms with Crippen LogP contribution in [0.25, 0.3) is 0 Å². The van der Waals surface area contributed by atoms with Gasteiger partial charge in [0, 0.05) is 6.26 Å². The van der Waals surface area contributed by atoms with E-state index in [0.29, 0.717) is 0 Å². The molecule has 1 N–H and O–H groups in total. The first kappa shape index (κ1) is 8.52. The summed E-state index contributed by atoms with van der Waals surface area (Å²) in [4.78, 5) is 2.66. The minimum absolute atomic E-state index is 0.120. The molecular weight excluding hydrogens is 165 g/mol. The van der Waals surface area contributed by atoms with Crippen molar-refractivity contribution >= 4 is 11.4 Å². The number of rotatable bonds is 0. The Morgan fingerprint density at radius 3 is 2.00 bits per heavy atom. The van der Waals surface area contributed by atoms with E-state index in [1.165, 1.54) is 12.1 Å². The van der Waals surface area contributed by atoms with Crippen LogP contribution >= 0.6 is 11.4 Å². The number of hydrogen-bond donors (Lipinski definition) is 2. The standard InChI is InChI=1S/C6H5F.CH5NOS/c7-6-4-2-1-3-5-6;1-4-2-3-4/h1-5H;2,4H,1H3. The quantitative estimate of drug-likeness (QED) is 0.466. The second kappa shape index (κ2) is 4.33. The van der Waals surface area contributed by atoms with Gasteiger partial charge in [-0.2, -0.15) is 0 Å². The molecule has 1 aromatic carbocycles. The van der Waals surface area contributed by atoms with E-state index >= 15 is 0 Å². The SMILES string of the molecule is C[SH]1NO1.Fc1ccccc1. The van der Waals surface area contributed by atoms with Crippen LogP contribution in [-0.4, -0.2) is 6.26 Å². The van der Waals surface area contributed by atoms with Crippen molar-refractivity contribution in [1.29, 1.82) is 0 Å². The van der Waals surface area contributed by atoms with Gasteiger partial charge in [-0.15, -0.1) is 4.89 Å². The van der Waals surface area contributed by atoms with Gasteiger partial charge in [-0.25, -0.2) is 8.67 Å². The van der Waals surface area contributed by atoms with E-state index in [-0.39, 0.29) is 17.2 Å². The number of hydrogen-bond acceptors (Lipinski definition) is 2. The minimum atomic E-state index is -0.178. The second-order valence-electron chi connectivity index (χ2n) is 1.98. The van der Waals surface area contributed by atoms with Crippen LogP contribution in [0.1, 0.15) is 0 Å². The van der Waals surface area contributed by atoms with Crippen molar-refractivity contribution in [2.75, 3.05) is 6.26 Å². The Bertz CT molecular complexity index is 203. The molecule has 1 unspecified atom stereocenters. The molecule has 0 amide bonds. The summed E-state index contributed by atoms with van der Waals surface area (Å²) in [6.07, 6.45) is 2.01. The highest BCUT2D eigenvalue weighted by Crippen LogP contribution is 2.28. The normalized spacial score (nSPS) is 23.3. The molecule has 1 fully saturated rings. The predicted molar refractivity (Wildman–Crippen MR) is 45.5 cm³/mol. The van der Waals surface area contributed by atoms with Gasteiger partial charge in [-0.3, -0.25) is 0 Å². The molecular formula is C7H10FNOS. The highest BCUT2D eigenvalue weighted by atomic mass is 32.2. The van der Waals surface area contributed by atoms with Crippen LogP contribution in [0.15, 0.2) is 30.3 Å². The molecule has 1 saturated heterocycles.